The molecule has 0 rings (SSSR count). The molecule has 4 nitrogen and oxygen atoms in total. The number of rotatable bonds is 35. The van der Waals surface area contributed by atoms with Crippen molar-refractivity contribution >= 4 is 11.9 Å². The van der Waals surface area contributed by atoms with Crippen molar-refractivity contribution < 1.29 is 19.4 Å². The molecule has 43 heavy (non-hydrogen) atoms. The normalized spacial score (nSPS) is 12.2. The predicted molar refractivity (Wildman–Crippen MR) is 186 cm³/mol. The van der Waals surface area contributed by atoms with Gasteiger partial charge in [0.2, 0.25) is 0 Å². The first-order valence-electron chi connectivity index (χ1n) is 19.2. The smallest absolute Gasteiger partial charge is 0.306 e. The topological polar surface area (TPSA) is 63.6 Å². The standard InChI is InChI=1S/C39H74O4/c1-3-5-7-9-11-13-14-15-20-24-28-32-36-39(42)43-37(33-29-25-21-12-10-8-6-4-2)34-30-26-22-18-16-17-19-23-27-31-35-38(40)41/h9,11,37H,3-8,10,12-36H2,1-2H3,(H,40,41)/b11-9-. The maximum absolute atomic E-state index is 12.6. The molecule has 0 aliphatic carbocycles. The highest BCUT2D eigenvalue weighted by Gasteiger charge is 2.14. The minimum atomic E-state index is -0.673. The summed E-state index contributed by atoms with van der Waals surface area (Å²) in [4.78, 5) is 23.2. The van der Waals surface area contributed by atoms with Gasteiger partial charge in [0, 0.05) is 12.8 Å². The van der Waals surface area contributed by atoms with Crippen molar-refractivity contribution in [3.63, 3.8) is 0 Å². The molecule has 0 spiro atoms. The molecule has 0 saturated heterocycles. The van der Waals surface area contributed by atoms with Crippen LogP contribution >= 0.6 is 0 Å². The summed E-state index contributed by atoms with van der Waals surface area (Å²) in [6.45, 7) is 4.52. The van der Waals surface area contributed by atoms with Gasteiger partial charge in [-0.2, -0.15) is 0 Å². The number of carbonyl (C=O) groups excluding carboxylic acids is 1. The van der Waals surface area contributed by atoms with Gasteiger partial charge in [0.05, 0.1) is 0 Å². The highest BCUT2D eigenvalue weighted by molar-refractivity contribution is 5.69. The van der Waals surface area contributed by atoms with Crippen LogP contribution in [0.5, 0.6) is 0 Å². The van der Waals surface area contributed by atoms with E-state index < -0.39 is 5.97 Å². The molecular weight excluding hydrogens is 532 g/mol. The van der Waals surface area contributed by atoms with E-state index in [9.17, 15) is 9.59 Å². The molecule has 0 aliphatic rings. The van der Waals surface area contributed by atoms with Crippen LogP contribution in [0.4, 0.5) is 0 Å². The number of hydrogen-bond acceptors (Lipinski definition) is 3. The number of carbonyl (C=O) groups is 2. The van der Waals surface area contributed by atoms with Crippen molar-refractivity contribution in [3.05, 3.63) is 12.2 Å². The first kappa shape index (κ1) is 41.7. The number of carboxylic acids is 1. The van der Waals surface area contributed by atoms with Crippen molar-refractivity contribution in [1.82, 2.24) is 0 Å². The highest BCUT2D eigenvalue weighted by Crippen LogP contribution is 2.19. The van der Waals surface area contributed by atoms with Gasteiger partial charge < -0.3 is 9.84 Å². The van der Waals surface area contributed by atoms with Crippen molar-refractivity contribution in [1.29, 1.82) is 0 Å². The number of esters is 1. The molecule has 0 saturated carbocycles. The van der Waals surface area contributed by atoms with E-state index in [-0.39, 0.29) is 12.1 Å². The van der Waals surface area contributed by atoms with Gasteiger partial charge in [0.15, 0.2) is 0 Å². The summed E-state index contributed by atoms with van der Waals surface area (Å²) in [5.74, 6) is -0.641. The lowest BCUT2D eigenvalue weighted by Gasteiger charge is -2.18. The third kappa shape index (κ3) is 35.0. The largest absolute Gasteiger partial charge is 0.481 e. The molecule has 1 unspecified atom stereocenters. The van der Waals surface area contributed by atoms with Gasteiger partial charge in [0.25, 0.3) is 0 Å². The zero-order chi connectivity index (χ0) is 31.5. The monoisotopic (exact) mass is 607 g/mol. The number of unbranched alkanes of at least 4 members (excludes halogenated alkanes) is 24. The molecule has 0 radical (unpaired) electrons. The van der Waals surface area contributed by atoms with Crippen molar-refractivity contribution in [2.24, 2.45) is 0 Å². The SMILES string of the molecule is CCCC/C=C\CCCCCCCCC(=O)OC(CCCCCCCCCC)CCCCCCCCCCCCC(=O)O. The van der Waals surface area contributed by atoms with E-state index in [4.69, 9.17) is 9.84 Å². The van der Waals surface area contributed by atoms with Crippen LogP contribution in [0.15, 0.2) is 12.2 Å². The van der Waals surface area contributed by atoms with Crippen LogP contribution < -0.4 is 0 Å². The van der Waals surface area contributed by atoms with Gasteiger partial charge in [-0.25, -0.2) is 0 Å². The fourth-order valence-electron chi connectivity index (χ4n) is 5.87. The molecular formula is C39H74O4. The summed E-state index contributed by atoms with van der Waals surface area (Å²) >= 11 is 0. The fraction of sp³-hybridized carbons (Fsp3) is 0.897. The second-order valence-electron chi connectivity index (χ2n) is 13.1. The average Bonchev–Trinajstić information content (AvgIpc) is 2.99. The maximum Gasteiger partial charge on any atom is 0.306 e. The first-order valence-corrected chi connectivity index (χ1v) is 19.2. The summed E-state index contributed by atoms with van der Waals surface area (Å²) in [5.41, 5.74) is 0. The van der Waals surface area contributed by atoms with Crippen LogP contribution in [0.2, 0.25) is 0 Å². The highest BCUT2D eigenvalue weighted by atomic mass is 16.5. The van der Waals surface area contributed by atoms with Crippen LogP contribution in [0.1, 0.15) is 219 Å². The van der Waals surface area contributed by atoms with E-state index in [0.29, 0.717) is 12.8 Å². The Kier molecular flexibility index (Phi) is 34.1. The lowest BCUT2D eigenvalue weighted by molar-refractivity contribution is -0.150. The quantitative estimate of drug-likeness (QED) is 0.0443. The molecule has 254 valence electrons. The van der Waals surface area contributed by atoms with E-state index in [1.54, 1.807) is 0 Å². The summed E-state index contributed by atoms with van der Waals surface area (Å²) in [7, 11) is 0. The van der Waals surface area contributed by atoms with Gasteiger partial charge in [-0.05, 0) is 57.8 Å². The van der Waals surface area contributed by atoms with Gasteiger partial charge >= 0.3 is 11.9 Å². The molecule has 1 atom stereocenters. The summed E-state index contributed by atoms with van der Waals surface area (Å²) in [6.07, 6.45) is 42.3. The third-order valence-electron chi connectivity index (χ3n) is 8.74. The Labute approximate surface area is 268 Å². The van der Waals surface area contributed by atoms with Crippen molar-refractivity contribution in [2.75, 3.05) is 0 Å². The summed E-state index contributed by atoms with van der Waals surface area (Å²) in [6, 6.07) is 0. The Hall–Kier alpha value is -1.32. The maximum atomic E-state index is 12.6. The van der Waals surface area contributed by atoms with Gasteiger partial charge in [-0.3, -0.25) is 9.59 Å². The molecule has 0 bridgehead atoms. The zero-order valence-corrected chi connectivity index (χ0v) is 29.0. The Bertz CT molecular complexity index is 614. The second-order valence-corrected chi connectivity index (χ2v) is 13.1. The van der Waals surface area contributed by atoms with Gasteiger partial charge in [0.1, 0.15) is 6.10 Å². The molecule has 0 fully saturated rings. The lowest BCUT2D eigenvalue weighted by atomic mass is 10.0. The van der Waals surface area contributed by atoms with Gasteiger partial charge in [-0.15, -0.1) is 0 Å². The Morgan fingerprint density at radius 2 is 0.860 bits per heavy atom. The second kappa shape index (κ2) is 35.2. The zero-order valence-electron chi connectivity index (χ0n) is 29.0. The van der Waals surface area contributed by atoms with Crippen molar-refractivity contribution in [3.8, 4) is 0 Å². The van der Waals surface area contributed by atoms with Crippen LogP contribution in [-0.4, -0.2) is 23.1 Å². The molecule has 1 N–H and O–H groups in total. The number of ether oxygens (including phenoxy) is 1. The van der Waals surface area contributed by atoms with Crippen LogP contribution in [0.25, 0.3) is 0 Å². The fourth-order valence-corrected chi connectivity index (χ4v) is 5.87. The summed E-state index contributed by atoms with van der Waals surface area (Å²) in [5, 5.41) is 8.71. The minimum Gasteiger partial charge on any atom is -0.481 e. The third-order valence-corrected chi connectivity index (χ3v) is 8.74. The molecule has 0 aromatic heterocycles. The van der Waals surface area contributed by atoms with E-state index in [2.05, 4.69) is 26.0 Å². The first-order chi connectivity index (χ1) is 21.1. The number of carboxylic acid groups (broad SMARTS) is 1. The van der Waals surface area contributed by atoms with E-state index in [0.717, 1.165) is 51.4 Å². The molecule has 0 aromatic carbocycles. The predicted octanol–water partition coefficient (Wildman–Crippen LogP) is 13.1. The average molecular weight is 607 g/mol. The molecule has 0 amide bonds. The van der Waals surface area contributed by atoms with Crippen LogP contribution in [0, 0.1) is 0 Å². The lowest BCUT2D eigenvalue weighted by Crippen LogP contribution is -2.18. The molecule has 0 aliphatic heterocycles. The molecule has 0 heterocycles. The number of aliphatic carboxylic acids is 1. The molecule has 4 heteroatoms. The Morgan fingerprint density at radius 3 is 1.33 bits per heavy atom. The van der Waals surface area contributed by atoms with E-state index in [1.165, 1.54) is 141 Å². The van der Waals surface area contributed by atoms with E-state index in [1.807, 2.05) is 0 Å². The van der Waals surface area contributed by atoms with Gasteiger partial charge in [-0.1, -0.05) is 161 Å². The number of allylic oxidation sites excluding steroid dienone is 2. The Balaban J connectivity index is 4.04. The minimum absolute atomic E-state index is 0.0325. The van der Waals surface area contributed by atoms with Crippen molar-refractivity contribution in [2.45, 2.75) is 225 Å². The molecule has 0 aromatic rings. The van der Waals surface area contributed by atoms with Crippen LogP contribution in [0.3, 0.4) is 0 Å². The number of hydrogen-bond donors (Lipinski definition) is 1. The Morgan fingerprint density at radius 1 is 0.488 bits per heavy atom. The summed E-state index contributed by atoms with van der Waals surface area (Å²) < 4.78 is 6.03. The van der Waals surface area contributed by atoms with E-state index >= 15 is 0 Å². The van der Waals surface area contributed by atoms with Crippen LogP contribution in [-0.2, 0) is 14.3 Å².